The van der Waals surface area contributed by atoms with E-state index in [1.54, 1.807) is 0 Å². The van der Waals surface area contributed by atoms with Crippen LogP contribution in [0.3, 0.4) is 0 Å². The maximum atomic E-state index is 12.1. The Balaban J connectivity index is 2.01. The number of benzene rings is 1. The van der Waals surface area contributed by atoms with E-state index < -0.39 is 24.0 Å². The molecule has 1 heterocycles. The second kappa shape index (κ2) is 6.13. The lowest BCUT2D eigenvalue weighted by Gasteiger charge is -2.21. The summed E-state index contributed by atoms with van der Waals surface area (Å²) in [6.07, 6.45) is -0.736. The maximum Gasteiger partial charge on any atom is 0.326 e. The van der Waals surface area contributed by atoms with Gasteiger partial charge in [0.15, 0.2) is 6.61 Å². The third kappa shape index (κ3) is 3.52. The zero-order chi connectivity index (χ0) is 15.6. The number of rotatable bonds is 4. The van der Waals surface area contributed by atoms with Crippen molar-refractivity contribution >= 4 is 11.9 Å². The van der Waals surface area contributed by atoms with Crippen molar-refractivity contribution in [2.75, 3.05) is 13.2 Å². The van der Waals surface area contributed by atoms with Crippen LogP contribution in [0, 0.1) is 13.8 Å². The van der Waals surface area contributed by atoms with Gasteiger partial charge in [-0.15, -0.1) is 0 Å². The van der Waals surface area contributed by atoms with Gasteiger partial charge in [-0.2, -0.15) is 0 Å². The molecule has 6 heteroatoms. The Bertz CT molecular complexity index is 557. The Morgan fingerprint density at radius 3 is 2.76 bits per heavy atom. The molecule has 1 amide bonds. The Morgan fingerprint density at radius 1 is 1.38 bits per heavy atom. The zero-order valence-electron chi connectivity index (χ0n) is 12.1. The highest BCUT2D eigenvalue weighted by atomic mass is 16.5. The maximum absolute atomic E-state index is 12.1. The Morgan fingerprint density at radius 2 is 2.10 bits per heavy atom. The number of hydrogen-bond donors (Lipinski definition) is 2. The predicted molar refractivity (Wildman–Crippen MR) is 75.2 cm³/mol. The third-order valence-corrected chi connectivity index (χ3v) is 3.58. The van der Waals surface area contributed by atoms with Gasteiger partial charge in [0.25, 0.3) is 5.91 Å². The molecule has 114 valence electrons. The van der Waals surface area contributed by atoms with Crippen molar-refractivity contribution in [1.29, 1.82) is 0 Å². The quantitative estimate of drug-likeness (QED) is 0.854. The van der Waals surface area contributed by atoms with Crippen LogP contribution in [0.4, 0.5) is 0 Å². The number of nitrogens with zero attached hydrogens (tertiary/aromatic N) is 1. The van der Waals surface area contributed by atoms with Gasteiger partial charge in [-0.1, -0.05) is 12.1 Å². The summed E-state index contributed by atoms with van der Waals surface area (Å²) in [5.74, 6) is -0.929. The molecule has 0 radical (unpaired) electrons. The number of carboxylic acids is 1. The normalized spacial score (nSPS) is 21.4. The molecule has 0 aliphatic carbocycles. The number of likely N-dealkylation sites (tertiary alicyclic amines) is 1. The van der Waals surface area contributed by atoms with E-state index in [1.165, 1.54) is 0 Å². The molecule has 2 rings (SSSR count). The molecule has 1 aromatic carbocycles. The topological polar surface area (TPSA) is 87.1 Å². The monoisotopic (exact) mass is 293 g/mol. The number of aliphatic hydroxyl groups is 1. The summed E-state index contributed by atoms with van der Waals surface area (Å²) in [6.45, 7) is 3.59. The third-order valence-electron chi connectivity index (χ3n) is 3.58. The van der Waals surface area contributed by atoms with Crippen LogP contribution in [0.2, 0.25) is 0 Å². The number of carbonyl (C=O) groups is 2. The van der Waals surface area contributed by atoms with Crippen molar-refractivity contribution in [3.63, 3.8) is 0 Å². The summed E-state index contributed by atoms with van der Waals surface area (Å²) < 4.78 is 5.49. The molecule has 0 spiro atoms. The number of hydrogen-bond acceptors (Lipinski definition) is 4. The number of ether oxygens (including phenoxy) is 1. The largest absolute Gasteiger partial charge is 0.483 e. The first-order valence-electron chi connectivity index (χ1n) is 6.79. The number of β-amino-alcohol motifs (C(OH)–C–C–N with tert-alkyl or cyclic N) is 1. The minimum atomic E-state index is -1.10. The van der Waals surface area contributed by atoms with Crippen molar-refractivity contribution < 1.29 is 24.5 Å². The number of aryl methyl sites for hydroxylation is 2. The molecule has 1 aliphatic heterocycles. The average molecular weight is 293 g/mol. The smallest absolute Gasteiger partial charge is 0.326 e. The van der Waals surface area contributed by atoms with Gasteiger partial charge in [-0.05, 0) is 31.0 Å². The Hall–Kier alpha value is -2.08. The standard InChI is InChI=1S/C15H19NO5/c1-9-3-4-10(2)13(5-9)21-8-14(18)16-7-11(17)6-12(16)15(19)20/h3-5,11-12,17H,6-8H2,1-2H3,(H,19,20)/t11-,12+/m1/s1. The number of amides is 1. The van der Waals surface area contributed by atoms with E-state index in [0.29, 0.717) is 5.75 Å². The zero-order valence-corrected chi connectivity index (χ0v) is 12.1. The van der Waals surface area contributed by atoms with Gasteiger partial charge in [-0.25, -0.2) is 4.79 Å². The lowest BCUT2D eigenvalue weighted by atomic mass is 10.1. The molecule has 1 aromatic rings. The van der Waals surface area contributed by atoms with Crippen LogP contribution in [0.25, 0.3) is 0 Å². The van der Waals surface area contributed by atoms with Gasteiger partial charge >= 0.3 is 5.97 Å². The first-order valence-corrected chi connectivity index (χ1v) is 6.79. The molecule has 2 N–H and O–H groups in total. The van der Waals surface area contributed by atoms with E-state index in [-0.39, 0.29) is 19.6 Å². The fraction of sp³-hybridized carbons (Fsp3) is 0.467. The first kappa shape index (κ1) is 15.3. The average Bonchev–Trinajstić information content (AvgIpc) is 2.82. The highest BCUT2D eigenvalue weighted by Gasteiger charge is 2.38. The molecular weight excluding hydrogens is 274 g/mol. The highest BCUT2D eigenvalue weighted by Crippen LogP contribution is 2.21. The number of carboxylic acid groups (broad SMARTS) is 1. The lowest BCUT2D eigenvalue weighted by molar-refractivity contribution is -0.149. The predicted octanol–water partition coefficient (Wildman–Crippen LogP) is 0.729. The van der Waals surface area contributed by atoms with E-state index in [9.17, 15) is 14.7 Å². The molecular formula is C15H19NO5. The lowest BCUT2D eigenvalue weighted by Crippen LogP contribution is -2.43. The van der Waals surface area contributed by atoms with E-state index in [0.717, 1.165) is 16.0 Å². The van der Waals surface area contributed by atoms with Crippen LogP contribution < -0.4 is 4.74 Å². The van der Waals surface area contributed by atoms with Crippen LogP contribution in [0.1, 0.15) is 17.5 Å². The molecule has 0 unspecified atom stereocenters. The molecule has 6 nitrogen and oxygen atoms in total. The number of aliphatic hydroxyl groups excluding tert-OH is 1. The summed E-state index contributed by atoms with van der Waals surface area (Å²) in [5, 5.41) is 18.6. The minimum absolute atomic E-state index is 0.0337. The molecule has 1 saturated heterocycles. The van der Waals surface area contributed by atoms with Crippen molar-refractivity contribution in [2.45, 2.75) is 32.4 Å². The van der Waals surface area contributed by atoms with Crippen LogP contribution in [-0.4, -0.2) is 52.3 Å². The Kier molecular flexibility index (Phi) is 4.47. The first-order chi connectivity index (χ1) is 9.88. The molecule has 0 aromatic heterocycles. The minimum Gasteiger partial charge on any atom is -0.483 e. The second-order valence-electron chi connectivity index (χ2n) is 5.35. The van der Waals surface area contributed by atoms with Crippen LogP contribution >= 0.6 is 0 Å². The molecule has 1 aliphatic rings. The van der Waals surface area contributed by atoms with Gasteiger partial charge in [0, 0.05) is 13.0 Å². The Labute approximate surface area is 122 Å². The van der Waals surface area contributed by atoms with Crippen molar-refractivity contribution in [2.24, 2.45) is 0 Å². The summed E-state index contributed by atoms with van der Waals surface area (Å²) >= 11 is 0. The summed E-state index contributed by atoms with van der Waals surface area (Å²) in [6, 6.07) is 4.70. The number of aliphatic carboxylic acids is 1. The molecule has 2 atom stereocenters. The second-order valence-corrected chi connectivity index (χ2v) is 5.35. The molecule has 0 saturated carbocycles. The van der Waals surface area contributed by atoms with Crippen molar-refractivity contribution in [1.82, 2.24) is 4.90 Å². The van der Waals surface area contributed by atoms with Crippen LogP contribution in [-0.2, 0) is 9.59 Å². The van der Waals surface area contributed by atoms with E-state index in [1.807, 2.05) is 32.0 Å². The summed E-state index contributed by atoms with van der Waals surface area (Å²) in [5.41, 5.74) is 1.92. The molecule has 21 heavy (non-hydrogen) atoms. The fourth-order valence-electron chi connectivity index (χ4n) is 2.41. The van der Waals surface area contributed by atoms with Crippen molar-refractivity contribution in [3.05, 3.63) is 29.3 Å². The van der Waals surface area contributed by atoms with Crippen molar-refractivity contribution in [3.8, 4) is 5.75 Å². The number of carbonyl (C=O) groups excluding carboxylic acids is 1. The summed E-state index contributed by atoms with van der Waals surface area (Å²) in [7, 11) is 0. The van der Waals surface area contributed by atoms with E-state index in [2.05, 4.69) is 0 Å². The van der Waals surface area contributed by atoms with Crippen LogP contribution in [0.5, 0.6) is 5.75 Å². The summed E-state index contributed by atoms with van der Waals surface area (Å²) in [4.78, 5) is 24.4. The fourth-order valence-corrected chi connectivity index (χ4v) is 2.41. The molecule has 1 fully saturated rings. The molecule has 0 bridgehead atoms. The van der Waals surface area contributed by atoms with E-state index >= 15 is 0 Å². The highest BCUT2D eigenvalue weighted by molar-refractivity contribution is 5.85. The van der Waals surface area contributed by atoms with Gasteiger partial charge < -0.3 is 19.8 Å². The van der Waals surface area contributed by atoms with E-state index in [4.69, 9.17) is 9.84 Å². The SMILES string of the molecule is Cc1ccc(C)c(OCC(=O)N2C[C@H](O)C[C@H]2C(=O)O)c1. The van der Waals surface area contributed by atoms with Gasteiger partial charge in [0.2, 0.25) is 0 Å². The van der Waals surface area contributed by atoms with Gasteiger partial charge in [0.1, 0.15) is 11.8 Å². The van der Waals surface area contributed by atoms with Crippen LogP contribution in [0.15, 0.2) is 18.2 Å². The van der Waals surface area contributed by atoms with Gasteiger partial charge in [-0.3, -0.25) is 4.79 Å². The van der Waals surface area contributed by atoms with Gasteiger partial charge in [0.05, 0.1) is 6.10 Å².